The van der Waals surface area contributed by atoms with E-state index in [1.807, 2.05) is 0 Å². The van der Waals surface area contributed by atoms with Gasteiger partial charge < -0.3 is 5.73 Å². The molecule has 0 fully saturated rings. The van der Waals surface area contributed by atoms with Gasteiger partial charge in [-0.1, -0.05) is 24.3 Å². The molecule has 0 saturated carbocycles. The third-order valence-electron chi connectivity index (χ3n) is 3.97. The van der Waals surface area contributed by atoms with Crippen LogP contribution in [0.3, 0.4) is 0 Å². The van der Waals surface area contributed by atoms with Crippen LogP contribution in [-0.4, -0.2) is 6.54 Å². The summed E-state index contributed by atoms with van der Waals surface area (Å²) in [6.45, 7) is 0.750. The molecular weight excluding hydrogens is 226 g/mol. The van der Waals surface area contributed by atoms with Crippen LogP contribution in [0, 0.1) is 0 Å². The average molecular weight is 243 g/mol. The zero-order valence-corrected chi connectivity index (χ0v) is 10.7. The molecule has 88 valence electrons. The molecule has 2 heteroatoms. The Morgan fingerprint density at radius 1 is 1.24 bits per heavy atom. The minimum atomic E-state index is 0.178. The Labute approximate surface area is 106 Å². The fourth-order valence-corrected chi connectivity index (χ4v) is 3.68. The summed E-state index contributed by atoms with van der Waals surface area (Å²) in [5.74, 6) is 0. The van der Waals surface area contributed by atoms with Crippen molar-refractivity contribution in [2.75, 3.05) is 6.54 Å². The van der Waals surface area contributed by atoms with Crippen LogP contribution in [0.25, 0.3) is 0 Å². The SMILES string of the molecule is NCC1(Cc2ccsc2)CCc2ccccc21. The van der Waals surface area contributed by atoms with Gasteiger partial charge in [-0.15, -0.1) is 0 Å². The quantitative estimate of drug-likeness (QED) is 0.880. The molecule has 0 spiro atoms. The molecule has 0 radical (unpaired) electrons. The van der Waals surface area contributed by atoms with Crippen LogP contribution < -0.4 is 5.73 Å². The first-order valence-corrected chi connectivity index (χ1v) is 7.08. The van der Waals surface area contributed by atoms with Crippen LogP contribution in [0.2, 0.25) is 0 Å². The molecule has 2 N–H and O–H groups in total. The van der Waals surface area contributed by atoms with E-state index < -0.39 is 0 Å². The van der Waals surface area contributed by atoms with Crippen molar-refractivity contribution in [3.63, 3.8) is 0 Å². The number of nitrogens with two attached hydrogens (primary N) is 1. The smallest absolute Gasteiger partial charge is 0.0122 e. The van der Waals surface area contributed by atoms with Crippen LogP contribution in [0.4, 0.5) is 0 Å². The number of hydrogen-bond acceptors (Lipinski definition) is 2. The minimum Gasteiger partial charge on any atom is -0.330 e. The lowest BCUT2D eigenvalue weighted by atomic mass is 9.77. The predicted octanol–water partition coefficient (Wildman–Crippen LogP) is 3.13. The summed E-state index contributed by atoms with van der Waals surface area (Å²) in [7, 11) is 0. The van der Waals surface area contributed by atoms with Gasteiger partial charge in [-0.2, -0.15) is 11.3 Å². The van der Waals surface area contributed by atoms with Gasteiger partial charge in [0.1, 0.15) is 0 Å². The molecule has 0 saturated heterocycles. The van der Waals surface area contributed by atoms with Gasteiger partial charge in [-0.25, -0.2) is 0 Å². The summed E-state index contributed by atoms with van der Waals surface area (Å²) < 4.78 is 0. The average Bonchev–Trinajstić information content (AvgIpc) is 2.99. The maximum Gasteiger partial charge on any atom is 0.0122 e. The summed E-state index contributed by atoms with van der Waals surface area (Å²) in [6.07, 6.45) is 3.46. The van der Waals surface area contributed by atoms with Crippen molar-refractivity contribution in [2.45, 2.75) is 24.7 Å². The standard InChI is InChI=1S/C15H17NS/c16-11-15(9-12-6-8-17-10-12)7-5-13-3-1-2-4-14(13)15/h1-4,6,8,10H,5,7,9,11,16H2. The zero-order chi connectivity index (χ0) is 11.7. The number of fused-ring (bicyclic) bond motifs is 1. The van der Waals surface area contributed by atoms with Gasteiger partial charge in [0.05, 0.1) is 0 Å². The van der Waals surface area contributed by atoms with Crippen LogP contribution in [0.1, 0.15) is 23.1 Å². The molecule has 1 aromatic heterocycles. The highest BCUT2D eigenvalue weighted by Crippen LogP contribution is 2.40. The van der Waals surface area contributed by atoms with Crippen LogP contribution in [0.5, 0.6) is 0 Å². The molecule has 1 aliphatic carbocycles. The Morgan fingerprint density at radius 2 is 2.12 bits per heavy atom. The van der Waals surface area contributed by atoms with Gasteiger partial charge in [-0.05, 0) is 52.8 Å². The lowest BCUT2D eigenvalue weighted by molar-refractivity contribution is 0.432. The summed E-state index contributed by atoms with van der Waals surface area (Å²) in [4.78, 5) is 0. The van der Waals surface area contributed by atoms with Crippen molar-refractivity contribution in [3.8, 4) is 0 Å². The summed E-state index contributed by atoms with van der Waals surface area (Å²) in [5, 5.41) is 4.40. The molecule has 0 aliphatic heterocycles. The highest BCUT2D eigenvalue weighted by atomic mass is 32.1. The minimum absolute atomic E-state index is 0.178. The van der Waals surface area contributed by atoms with Gasteiger partial charge in [0.25, 0.3) is 0 Å². The highest BCUT2D eigenvalue weighted by molar-refractivity contribution is 7.07. The van der Waals surface area contributed by atoms with E-state index in [4.69, 9.17) is 5.73 Å². The van der Waals surface area contributed by atoms with E-state index in [0.29, 0.717) is 0 Å². The van der Waals surface area contributed by atoms with E-state index >= 15 is 0 Å². The van der Waals surface area contributed by atoms with Crippen LogP contribution in [-0.2, 0) is 18.3 Å². The molecule has 3 rings (SSSR count). The first kappa shape index (κ1) is 11.0. The third kappa shape index (κ3) is 1.81. The second-order valence-corrected chi connectivity index (χ2v) is 5.73. The van der Waals surface area contributed by atoms with E-state index in [9.17, 15) is 0 Å². The Morgan fingerprint density at radius 3 is 2.88 bits per heavy atom. The topological polar surface area (TPSA) is 26.0 Å². The Balaban J connectivity index is 1.99. The molecule has 0 amide bonds. The van der Waals surface area contributed by atoms with Gasteiger partial charge in [0.15, 0.2) is 0 Å². The number of thiophene rings is 1. The molecule has 1 nitrogen and oxygen atoms in total. The number of hydrogen-bond donors (Lipinski definition) is 1. The molecule has 1 heterocycles. The van der Waals surface area contributed by atoms with Gasteiger partial charge >= 0.3 is 0 Å². The molecule has 1 atom stereocenters. The first-order chi connectivity index (χ1) is 8.34. The van der Waals surface area contributed by atoms with Crippen molar-refractivity contribution in [3.05, 3.63) is 57.8 Å². The Bertz CT molecular complexity index is 503. The lowest BCUT2D eigenvalue weighted by Crippen LogP contribution is -2.35. The Kier molecular flexibility index (Phi) is 2.77. The van der Waals surface area contributed by atoms with E-state index in [1.165, 1.54) is 29.5 Å². The number of aryl methyl sites for hydroxylation is 1. The van der Waals surface area contributed by atoms with Gasteiger partial charge in [0.2, 0.25) is 0 Å². The molecule has 17 heavy (non-hydrogen) atoms. The normalized spacial score (nSPS) is 22.6. The summed E-state index contributed by atoms with van der Waals surface area (Å²) in [6, 6.07) is 11.0. The second kappa shape index (κ2) is 4.28. The van der Waals surface area contributed by atoms with E-state index in [0.717, 1.165) is 13.0 Å². The van der Waals surface area contributed by atoms with E-state index in [1.54, 1.807) is 11.3 Å². The van der Waals surface area contributed by atoms with Crippen molar-refractivity contribution < 1.29 is 0 Å². The summed E-state index contributed by atoms with van der Waals surface area (Å²) >= 11 is 1.77. The number of benzene rings is 1. The van der Waals surface area contributed by atoms with Crippen LogP contribution >= 0.6 is 11.3 Å². The fourth-order valence-electron chi connectivity index (χ4n) is 3.02. The van der Waals surface area contributed by atoms with Crippen molar-refractivity contribution in [1.82, 2.24) is 0 Å². The Hall–Kier alpha value is -1.12. The lowest BCUT2D eigenvalue weighted by Gasteiger charge is -2.28. The van der Waals surface area contributed by atoms with Gasteiger partial charge in [0, 0.05) is 12.0 Å². The predicted molar refractivity (Wildman–Crippen MR) is 73.5 cm³/mol. The van der Waals surface area contributed by atoms with Crippen LogP contribution in [0.15, 0.2) is 41.1 Å². The highest BCUT2D eigenvalue weighted by Gasteiger charge is 2.37. The van der Waals surface area contributed by atoms with Crippen molar-refractivity contribution in [2.24, 2.45) is 5.73 Å². The second-order valence-electron chi connectivity index (χ2n) is 4.95. The molecule has 1 unspecified atom stereocenters. The fraction of sp³-hybridized carbons (Fsp3) is 0.333. The molecule has 1 aromatic carbocycles. The van der Waals surface area contributed by atoms with E-state index in [-0.39, 0.29) is 5.41 Å². The molecule has 0 bridgehead atoms. The van der Waals surface area contributed by atoms with Crippen molar-refractivity contribution in [1.29, 1.82) is 0 Å². The molecule has 1 aliphatic rings. The van der Waals surface area contributed by atoms with E-state index in [2.05, 4.69) is 41.1 Å². The number of rotatable bonds is 3. The zero-order valence-electron chi connectivity index (χ0n) is 9.86. The summed E-state index contributed by atoms with van der Waals surface area (Å²) in [5.41, 5.74) is 10.7. The molecule has 2 aromatic rings. The largest absolute Gasteiger partial charge is 0.330 e. The maximum absolute atomic E-state index is 6.10. The maximum atomic E-state index is 6.10. The van der Waals surface area contributed by atoms with Gasteiger partial charge in [-0.3, -0.25) is 0 Å². The van der Waals surface area contributed by atoms with Crippen molar-refractivity contribution >= 4 is 11.3 Å². The third-order valence-corrected chi connectivity index (χ3v) is 4.71. The first-order valence-electron chi connectivity index (χ1n) is 6.14. The monoisotopic (exact) mass is 243 g/mol. The molecular formula is C15H17NS.